The van der Waals surface area contributed by atoms with E-state index in [1.807, 2.05) is 0 Å². The van der Waals surface area contributed by atoms with E-state index in [2.05, 4.69) is 44.1 Å². The van der Waals surface area contributed by atoms with Gasteiger partial charge >= 0.3 is 0 Å². The van der Waals surface area contributed by atoms with Crippen molar-refractivity contribution in [2.45, 2.75) is 52.6 Å². The molecule has 0 amide bonds. The van der Waals surface area contributed by atoms with Crippen LogP contribution in [-0.4, -0.2) is 19.6 Å². The van der Waals surface area contributed by atoms with Crippen molar-refractivity contribution in [1.29, 1.82) is 0 Å². The van der Waals surface area contributed by atoms with Crippen LogP contribution in [0.25, 0.3) is 0 Å². The lowest BCUT2D eigenvalue weighted by atomic mass is 10.1. The molecule has 1 aromatic rings. The highest BCUT2D eigenvalue weighted by Gasteiger charge is 2.12. The average molecular weight is 266 g/mol. The molecule has 0 spiro atoms. The summed E-state index contributed by atoms with van der Waals surface area (Å²) in [6.07, 6.45) is 3.25. The minimum atomic E-state index is -0.149. The highest BCUT2D eigenvalue weighted by molar-refractivity contribution is 5.49. The highest BCUT2D eigenvalue weighted by Crippen LogP contribution is 2.21. The van der Waals surface area contributed by atoms with Crippen LogP contribution in [0.4, 0.5) is 10.1 Å². The normalized spacial score (nSPS) is 11.1. The molecule has 0 aliphatic heterocycles. The fraction of sp³-hybridized carbons (Fsp3) is 0.625. The van der Waals surface area contributed by atoms with Crippen LogP contribution in [0.1, 0.15) is 45.6 Å². The molecule has 108 valence electrons. The van der Waals surface area contributed by atoms with E-state index in [-0.39, 0.29) is 5.82 Å². The third-order valence-corrected chi connectivity index (χ3v) is 3.60. The highest BCUT2D eigenvalue weighted by atomic mass is 19.1. The number of nitrogens with zero attached hydrogens (tertiary/aromatic N) is 1. The minimum Gasteiger partial charge on any atom is -0.372 e. The van der Waals surface area contributed by atoms with Crippen molar-refractivity contribution in [2.24, 2.45) is 0 Å². The molecule has 1 rings (SSSR count). The Morgan fingerprint density at radius 3 is 2.42 bits per heavy atom. The molecule has 0 bridgehead atoms. The number of halogens is 1. The smallest absolute Gasteiger partial charge is 0.125 e. The predicted octanol–water partition coefficient (Wildman–Crippen LogP) is 3.95. The van der Waals surface area contributed by atoms with Gasteiger partial charge in [-0.2, -0.15) is 0 Å². The van der Waals surface area contributed by atoms with E-state index >= 15 is 0 Å². The van der Waals surface area contributed by atoms with E-state index in [4.69, 9.17) is 0 Å². The molecule has 0 unspecified atom stereocenters. The maximum atomic E-state index is 13.7. The maximum absolute atomic E-state index is 13.7. The van der Waals surface area contributed by atoms with Gasteiger partial charge in [0.05, 0.1) is 0 Å². The summed E-state index contributed by atoms with van der Waals surface area (Å²) in [6.45, 7) is 8.18. The SMILES string of the molecule is CCCNCc1cc(F)cc(N(C)C(CC)CC)c1. The second kappa shape index (κ2) is 8.16. The summed E-state index contributed by atoms with van der Waals surface area (Å²) in [4.78, 5) is 2.19. The van der Waals surface area contributed by atoms with Crippen molar-refractivity contribution in [3.63, 3.8) is 0 Å². The number of hydrogen-bond donors (Lipinski definition) is 1. The molecule has 0 saturated carbocycles. The zero-order valence-electron chi connectivity index (χ0n) is 12.7. The molecule has 3 heteroatoms. The summed E-state index contributed by atoms with van der Waals surface area (Å²) in [7, 11) is 2.05. The molecule has 0 heterocycles. The predicted molar refractivity (Wildman–Crippen MR) is 81.2 cm³/mol. The molecule has 0 aliphatic rings. The number of benzene rings is 1. The third kappa shape index (κ3) is 4.83. The van der Waals surface area contributed by atoms with Crippen molar-refractivity contribution < 1.29 is 4.39 Å². The first kappa shape index (κ1) is 16.0. The van der Waals surface area contributed by atoms with Crippen LogP contribution >= 0.6 is 0 Å². The summed E-state index contributed by atoms with van der Waals surface area (Å²) in [6, 6.07) is 5.80. The molecule has 2 nitrogen and oxygen atoms in total. The van der Waals surface area contributed by atoms with Crippen molar-refractivity contribution in [2.75, 3.05) is 18.5 Å². The quantitative estimate of drug-likeness (QED) is 0.717. The van der Waals surface area contributed by atoms with Gasteiger partial charge in [0.15, 0.2) is 0 Å². The molecular weight excluding hydrogens is 239 g/mol. The minimum absolute atomic E-state index is 0.149. The number of rotatable bonds is 8. The lowest BCUT2D eigenvalue weighted by Crippen LogP contribution is -2.30. The average Bonchev–Trinajstić information content (AvgIpc) is 2.39. The van der Waals surface area contributed by atoms with E-state index in [1.54, 1.807) is 12.1 Å². The Morgan fingerprint density at radius 2 is 1.84 bits per heavy atom. The molecule has 19 heavy (non-hydrogen) atoms. The molecule has 0 radical (unpaired) electrons. The zero-order chi connectivity index (χ0) is 14.3. The van der Waals surface area contributed by atoms with E-state index in [9.17, 15) is 4.39 Å². The van der Waals surface area contributed by atoms with Crippen LogP contribution in [0.3, 0.4) is 0 Å². The zero-order valence-corrected chi connectivity index (χ0v) is 12.7. The van der Waals surface area contributed by atoms with Gasteiger partial charge in [-0.25, -0.2) is 4.39 Å². The van der Waals surface area contributed by atoms with E-state index in [0.717, 1.165) is 43.6 Å². The Morgan fingerprint density at radius 1 is 1.16 bits per heavy atom. The van der Waals surface area contributed by atoms with Gasteiger partial charge in [-0.1, -0.05) is 20.8 Å². The summed E-state index contributed by atoms with van der Waals surface area (Å²) in [5.74, 6) is -0.149. The number of anilines is 1. The van der Waals surface area contributed by atoms with E-state index in [0.29, 0.717) is 6.04 Å². The maximum Gasteiger partial charge on any atom is 0.125 e. The lowest BCUT2D eigenvalue weighted by Gasteiger charge is -2.29. The van der Waals surface area contributed by atoms with Crippen molar-refractivity contribution in [3.05, 3.63) is 29.6 Å². The summed E-state index contributed by atoms with van der Waals surface area (Å²) < 4.78 is 13.7. The standard InChI is InChI=1S/C16H27FN2/c1-5-8-18-12-13-9-14(17)11-16(10-13)19(4)15(6-2)7-3/h9-11,15,18H,5-8,12H2,1-4H3. The van der Waals surface area contributed by atoms with Crippen LogP contribution in [0.5, 0.6) is 0 Å². The van der Waals surface area contributed by atoms with Gasteiger partial charge in [0.25, 0.3) is 0 Å². The monoisotopic (exact) mass is 266 g/mol. The van der Waals surface area contributed by atoms with E-state index in [1.165, 1.54) is 0 Å². The molecule has 0 saturated heterocycles. The third-order valence-electron chi connectivity index (χ3n) is 3.60. The van der Waals surface area contributed by atoms with Gasteiger partial charge < -0.3 is 10.2 Å². The van der Waals surface area contributed by atoms with Gasteiger partial charge in [0.1, 0.15) is 5.82 Å². The molecule has 0 aromatic heterocycles. The molecule has 1 N–H and O–H groups in total. The van der Waals surface area contributed by atoms with Crippen LogP contribution in [0, 0.1) is 5.82 Å². The van der Waals surface area contributed by atoms with Crippen LogP contribution in [0.15, 0.2) is 18.2 Å². The largest absolute Gasteiger partial charge is 0.372 e. The Kier molecular flexibility index (Phi) is 6.85. The number of nitrogens with one attached hydrogen (secondary N) is 1. The van der Waals surface area contributed by atoms with Gasteiger partial charge in [0, 0.05) is 25.3 Å². The molecule has 0 aliphatic carbocycles. The Hall–Kier alpha value is -1.09. The Labute approximate surface area is 117 Å². The summed E-state index contributed by atoms with van der Waals surface area (Å²) in [5.41, 5.74) is 1.99. The van der Waals surface area contributed by atoms with E-state index < -0.39 is 0 Å². The first-order valence-corrected chi connectivity index (χ1v) is 7.35. The first-order valence-electron chi connectivity index (χ1n) is 7.35. The molecule has 1 aromatic carbocycles. The fourth-order valence-corrected chi connectivity index (χ4v) is 2.40. The number of hydrogen-bond acceptors (Lipinski definition) is 2. The Balaban J connectivity index is 2.83. The molecular formula is C16H27FN2. The fourth-order valence-electron chi connectivity index (χ4n) is 2.40. The van der Waals surface area contributed by atoms with Crippen molar-refractivity contribution in [3.8, 4) is 0 Å². The second-order valence-corrected chi connectivity index (χ2v) is 5.08. The second-order valence-electron chi connectivity index (χ2n) is 5.08. The lowest BCUT2D eigenvalue weighted by molar-refractivity contribution is 0.584. The van der Waals surface area contributed by atoms with Gasteiger partial charge in [-0.3, -0.25) is 0 Å². The van der Waals surface area contributed by atoms with Crippen molar-refractivity contribution in [1.82, 2.24) is 5.32 Å². The van der Waals surface area contributed by atoms with Gasteiger partial charge in [-0.05, 0) is 49.6 Å². The Bertz CT molecular complexity index is 375. The molecule has 0 fully saturated rings. The van der Waals surface area contributed by atoms with Crippen LogP contribution < -0.4 is 10.2 Å². The topological polar surface area (TPSA) is 15.3 Å². The molecule has 0 atom stereocenters. The van der Waals surface area contributed by atoms with Gasteiger partial charge in [0.2, 0.25) is 0 Å². The summed E-state index contributed by atoms with van der Waals surface area (Å²) in [5, 5.41) is 3.32. The van der Waals surface area contributed by atoms with Crippen LogP contribution in [0.2, 0.25) is 0 Å². The van der Waals surface area contributed by atoms with Gasteiger partial charge in [-0.15, -0.1) is 0 Å². The van der Waals surface area contributed by atoms with Crippen molar-refractivity contribution >= 4 is 5.69 Å². The summed E-state index contributed by atoms with van der Waals surface area (Å²) >= 11 is 0. The van der Waals surface area contributed by atoms with Crippen LogP contribution in [-0.2, 0) is 6.54 Å². The first-order chi connectivity index (χ1) is 9.12.